The van der Waals surface area contributed by atoms with Gasteiger partial charge in [-0.05, 0) is 76.0 Å². The second-order valence-electron chi connectivity index (χ2n) is 11.9. The highest BCUT2D eigenvalue weighted by Crippen LogP contribution is 2.31. The van der Waals surface area contributed by atoms with Crippen LogP contribution in [0.5, 0.6) is 11.5 Å². The molecule has 0 radical (unpaired) electrons. The number of benzene rings is 1. The van der Waals surface area contributed by atoms with Crippen molar-refractivity contribution in [2.45, 2.75) is 98.3 Å². The number of carbonyl (C=O) groups is 3. The number of ether oxygens (including phenoxy) is 4. The zero-order chi connectivity index (χ0) is 31.2. The Labute approximate surface area is 245 Å². The van der Waals surface area contributed by atoms with E-state index in [1.54, 1.807) is 33.8 Å². The molecule has 0 fully saturated rings. The second kappa shape index (κ2) is 17.7. The quantitative estimate of drug-likeness (QED) is 0.179. The SMILES string of the molecule is CCCCNC(=O)[C@H](C)C[C@H](O)[C@H](C[C@H](Cc1ccc(OC)c(OCC(=O)OC)c1)C(C)C)NC(=O)OC(C)(C)C. The van der Waals surface area contributed by atoms with Crippen molar-refractivity contribution < 1.29 is 38.4 Å². The Bertz CT molecular complexity index is 960. The van der Waals surface area contributed by atoms with Crippen molar-refractivity contribution in [1.82, 2.24) is 10.6 Å². The fourth-order valence-corrected chi connectivity index (χ4v) is 4.34. The van der Waals surface area contributed by atoms with Gasteiger partial charge >= 0.3 is 12.1 Å². The van der Waals surface area contributed by atoms with Crippen molar-refractivity contribution in [3.63, 3.8) is 0 Å². The molecule has 0 spiro atoms. The van der Waals surface area contributed by atoms with Gasteiger partial charge in [0.15, 0.2) is 18.1 Å². The summed E-state index contributed by atoms with van der Waals surface area (Å²) in [4.78, 5) is 36.9. The number of hydrogen-bond donors (Lipinski definition) is 3. The van der Waals surface area contributed by atoms with Gasteiger partial charge in [-0.15, -0.1) is 0 Å². The molecular weight excluding hydrogens is 528 g/mol. The molecule has 0 aliphatic rings. The second-order valence-corrected chi connectivity index (χ2v) is 11.9. The van der Waals surface area contributed by atoms with E-state index in [1.807, 2.05) is 12.1 Å². The first kappa shape index (κ1) is 36.0. The van der Waals surface area contributed by atoms with E-state index in [-0.39, 0.29) is 30.8 Å². The van der Waals surface area contributed by atoms with Crippen LogP contribution in [0.1, 0.15) is 79.7 Å². The molecule has 10 nitrogen and oxygen atoms in total. The van der Waals surface area contributed by atoms with Gasteiger partial charge in [0.2, 0.25) is 5.91 Å². The lowest BCUT2D eigenvalue weighted by atomic mass is 9.82. The number of rotatable bonds is 17. The van der Waals surface area contributed by atoms with Crippen LogP contribution in [0, 0.1) is 17.8 Å². The first-order valence-corrected chi connectivity index (χ1v) is 14.5. The molecule has 1 aromatic rings. The Morgan fingerprint density at radius 2 is 1.71 bits per heavy atom. The lowest BCUT2D eigenvalue weighted by Gasteiger charge is -2.32. The summed E-state index contributed by atoms with van der Waals surface area (Å²) < 4.78 is 21.2. The molecule has 0 bridgehead atoms. The van der Waals surface area contributed by atoms with E-state index >= 15 is 0 Å². The van der Waals surface area contributed by atoms with Gasteiger partial charge in [-0.2, -0.15) is 0 Å². The summed E-state index contributed by atoms with van der Waals surface area (Å²) in [6, 6.07) is 4.89. The van der Waals surface area contributed by atoms with Gasteiger partial charge in [-0.1, -0.05) is 40.2 Å². The number of carbonyl (C=O) groups excluding carboxylic acids is 3. The van der Waals surface area contributed by atoms with Crippen LogP contribution in [0.2, 0.25) is 0 Å². The molecule has 4 atom stereocenters. The highest BCUT2D eigenvalue weighted by atomic mass is 16.6. The zero-order valence-corrected chi connectivity index (χ0v) is 26.4. The van der Waals surface area contributed by atoms with Crippen molar-refractivity contribution >= 4 is 18.0 Å². The molecule has 10 heteroatoms. The molecule has 0 aromatic heterocycles. The average molecular weight is 581 g/mol. The normalized spacial score (nSPS) is 14.4. The highest BCUT2D eigenvalue weighted by Gasteiger charge is 2.31. The van der Waals surface area contributed by atoms with Crippen LogP contribution in [0.15, 0.2) is 18.2 Å². The molecule has 41 heavy (non-hydrogen) atoms. The summed E-state index contributed by atoms with van der Waals surface area (Å²) in [6.45, 7) is 13.7. The summed E-state index contributed by atoms with van der Waals surface area (Å²) in [5.41, 5.74) is 0.242. The van der Waals surface area contributed by atoms with Gasteiger partial charge < -0.3 is 34.7 Å². The number of esters is 1. The fraction of sp³-hybridized carbons (Fsp3) is 0.710. The lowest BCUT2D eigenvalue weighted by molar-refractivity contribution is -0.143. The number of unbranched alkanes of at least 4 members (excludes halogenated alkanes) is 1. The minimum Gasteiger partial charge on any atom is -0.493 e. The minimum absolute atomic E-state index is 0.0418. The van der Waals surface area contributed by atoms with Crippen LogP contribution in [0.4, 0.5) is 4.79 Å². The number of aliphatic hydroxyl groups excluding tert-OH is 1. The average Bonchev–Trinajstić information content (AvgIpc) is 2.89. The van der Waals surface area contributed by atoms with Gasteiger partial charge in [0.1, 0.15) is 5.60 Å². The van der Waals surface area contributed by atoms with Gasteiger partial charge in [0.25, 0.3) is 0 Å². The smallest absolute Gasteiger partial charge is 0.407 e. The summed E-state index contributed by atoms with van der Waals surface area (Å²) in [7, 11) is 2.82. The first-order valence-electron chi connectivity index (χ1n) is 14.5. The number of amides is 2. The minimum atomic E-state index is -0.967. The van der Waals surface area contributed by atoms with E-state index in [2.05, 4.69) is 36.1 Å². The van der Waals surface area contributed by atoms with Gasteiger partial charge in [0.05, 0.1) is 26.4 Å². The topological polar surface area (TPSA) is 132 Å². The van der Waals surface area contributed by atoms with Gasteiger partial charge in [-0.25, -0.2) is 9.59 Å². The molecule has 234 valence electrons. The Morgan fingerprint density at radius 1 is 1.02 bits per heavy atom. The van der Waals surface area contributed by atoms with Gasteiger partial charge in [0, 0.05) is 12.5 Å². The van der Waals surface area contributed by atoms with E-state index in [0.717, 1.165) is 18.4 Å². The molecule has 0 heterocycles. The molecule has 0 unspecified atom stereocenters. The van der Waals surface area contributed by atoms with E-state index < -0.39 is 35.7 Å². The molecule has 2 amide bonds. The van der Waals surface area contributed by atoms with Crippen molar-refractivity contribution in [2.24, 2.45) is 17.8 Å². The molecule has 1 rings (SSSR count). The third-order valence-corrected chi connectivity index (χ3v) is 6.84. The summed E-state index contributed by atoms with van der Waals surface area (Å²) >= 11 is 0. The monoisotopic (exact) mass is 580 g/mol. The van der Waals surface area contributed by atoms with E-state index in [9.17, 15) is 19.5 Å². The van der Waals surface area contributed by atoms with E-state index in [1.165, 1.54) is 14.2 Å². The number of hydrogen-bond acceptors (Lipinski definition) is 8. The molecule has 0 aliphatic heterocycles. The van der Waals surface area contributed by atoms with Crippen molar-refractivity contribution in [1.29, 1.82) is 0 Å². The largest absolute Gasteiger partial charge is 0.493 e. The molecular formula is C31H52N2O8. The van der Waals surface area contributed by atoms with Crippen LogP contribution >= 0.6 is 0 Å². The van der Waals surface area contributed by atoms with Crippen molar-refractivity contribution in [3.05, 3.63) is 23.8 Å². The number of nitrogens with one attached hydrogen (secondary N) is 2. The first-order chi connectivity index (χ1) is 19.2. The van der Waals surface area contributed by atoms with Gasteiger partial charge in [-0.3, -0.25) is 4.79 Å². The van der Waals surface area contributed by atoms with E-state index in [4.69, 9.17) is 14.2 Å². The maximum Gasteiger partial charge on any atom is 0.407 e. The lowest BCUT2D eigenvalue weighted by Crippen LogP contribution is -2.48. The Hall–Kier alpha value is -3.01. The maximum atomic E-state index is 12.8. The fourth-order valence-electron chi connectivity index (χ4n) is 4.34. The van der Waals surface area contributed by atoms with Crippen LogP contribution in [0.3, 0.4) is 0 Å². The Balaban J connectivity index is 3.14. The van der Waals surface area contributed by atoms with Crippen molar-refractivity contribution in [3.8, 4) is 11.5 Å². The molecule has 0 saturated heterocycles. The van der Waals surface area contributed by atoms with Crippen LogP contribution in [-0.2, 0) is 25.5 Å². The third-order valence-electron chi connectivity index (χ3n) is 6.84. The number of methoxy groups -OCH3 is 2. The highest BCUT2D eigenvalue weighted by molar-refractivity contribution is 5.78. The summed E-state index contributed by atoms with van der Waals surface area (Å²) in [5.74, 6) is 0.0940. The van der Waals surface area contributed by atoms with Crippen LogP contribution < -0.4 is 20.1 Å². The third kappa shape index (κ3) is 13.9. The van der Waals surface area contributed by atoms with Crippen LogP contribution in [0.25, 0.3) is 0 Å². The molecule has 0 saturated carbocycles. The summed E-state index contributed by atoms with van der Waals surface area (Å²) in [6.07, 6.45) is 1.54. The van der Waals surface area contributed by atoms with E-state index in [0.29, 0.717) is 30.9 Å². The number of alkyl carbamates (subject to hydrolysis) is 1. The predicted octanol–water partition coefficient (Wildman–Crippen LogP) is 4.65. The number of aliphatic hydroxyl groups is 1. The predicted molar refractivity (Wildman–Crippen MR) is 158 cm³/mol. The molecule has 3 N–H and O–H groups in total. The van der Waals surface area contributed by atoms with Crippen molar-refractivity contribution in [2.75, 3.05) is 27.4 Å². The zero-order valence-electron chi connectivity index (χ0n) is 26.4. The molecule has 0 aliphatic carbocycles. The standard InChI is InChI=1S/C31H52N2O8/c1-10-11-14-32-29(36)21(4)15-25(34)24(33-30(37)41-31(5,6)7)18-23(20(2)3)16-22-12-13-26(38-8)27(17-22)40-19-28(35)39-9/h12-13,17,20-21,23-25,34H,10-11,14-16,18-19H2,1-9H3,(H,32,36)(H,33,37)/t21-,23+,24+,25+/m1/s1. The summed E-state index contributed by atoms with van der Waals surface area (Å²) in [5, 5.41) is 17.1. The van der Waals surface area contributed by atoms with Crippen LogP contribution in [-0.4, -0.2) is 68.2 Å². The Morgan fingerprint density at radius 3 is 2.27 bits per heavy atom. The molecule has 1 aromatic carbocycles. The Kier molecular flexibility index (Phi) is 15.6. The maximum absolute atomic E-state index is 12.8.